The lowest BCUT2D eigenvalue weighted by atomic mass is 9.97. The number of piperidine rings is 1. The molecule has 0 saturated carbocycles. The van der Waals surface area contributed by atoms with Crippen molar-refractivity contribution in [3.8, 4) is 5.75 Å². The van der Waals surface area contributed by atoms with Gasteiger partial charge in [0.15, 0.2) is 13.2 Å². The molecule has 36 heavy (non-hydrogen) atoms. The van der Waals surface area contributed by atoms with Crippen molar-refractivity contribution in [2.75, 3.05) is 26.9 Å². The van der Waals surface area contributed by atoms with Gasteiger partial charge in [-0.05, 0) is 83.7 Å². The largest absolute Gasteiger partial charge is 0.484 e. The van der Waals surface area contributed by atoms with Gasteiger partial charge in [0.2, 0.25) is 5.78 Å². The van der Waals surface area contributed by atoms with Gasteiger partial charge < -0.3 is 23.7 Å². The number of methoxy groups -OCH3 is 1. The van der Waals surface area contributed by atoms with Crippen molar-refractivity contribution in [3.63, 3.8) is 0 Å². The molecule has 196 valence electrons. The Hall–Kier alpha value is -3.13. The third kappa shape index (κ3) is 6.75. The highest BCUT2D eigenvalue weighted by Gasteiger charge is 2.29. The topological polar surface area (TPSA) is 87.1 Å². The van der Waals surface area contributed by atoms with Crippen LogP contribution < -0.4 is 4.74 Å². The molecule has 1 aromatic heterocycles. The minimum atomic E-state index is -0.587. The lowest BCUT2D eigenvalue weighted by Crippen LogP contribution is -2.49. The molecule has 0 spiro atoms. The van der Waals surface area contributed by atoms with Gasteiger partial charge >= 0.3 is 5.97 Å². The number of hydrogen-bond acceptors (Lipinski definition) is 6. The Morgan fingerprint density at radius 2 is 1.67 bits per heavy atom. The second-order valence-corrected chi connectivity index (χ2v) is 9.53. The first-order valence-electron chi connectivity index (χ1n) is 12.6. The van der Waals surface area contributed by atoms with Crippen molar-refractivity contribution in [1.82, 2.24) is 9.47 Å². The fourth-order valence-corrected chi connectivity index (χ4v) is 4.91. The third-order valence-corrected chi connectivity index (χ3v) is 6.87. The fourth-order valence-electron chi connectivity index (χ4n) is 4.91. The number of aromatic nitrogens is 1. The molecule has 2 heterocycles. The normalized spacial score (nSPS) is 17.6. The molecule has 8 heteroatoms. The molecule has 0 bridgehead atoms. The van der Waals surface area contributed by atoms with E-state index in [-0.39, 0.29) is 37.0 Å². The quantitative estimate of drug-likeness (QED) is 0.260. The second kappa shape index (κ2) is 12.7. The lowest BCUT2D eigenvalue weighted by Gasteiger charge is -2.38. The lowest BCUT2D eigenvalue weighted by molar-refractivity contribution is -0.139. The number of ketones is 1. The summed E-state index contributed by atoms with van der Waals surface area (Å²) in [7, 11) is 1.66. The molecular weight excluding hydrogens is 460 g/mol. The van der Waals surface area contributed by atoms with Crippen molar-refractivity contribution in [2.45, 2.75) is 72.0 Å². The molecular formula is C28H38N2O6. The van der Waals surface area contributed by atoms with Crippen LogP contribution in [0.1, 0.15) is 71.6 Å². The summed E-state index contributed by atoms with van der Waals surface area (Å²) in [5.74, 6) is -0.367. The van der Waals surface area contributed by atoms with Crippen LogP contribution in [0.3, 0.4) is 0 Å². The number of carbonyl (C=O) groups excluding carboxylic acids is 3. The van der Waals surface area contributed by atoms with E-state index in [2.05, 4.69) is 18.4 Å². The van der Waals surface area contributed by atoms with Gasteiger partial charge in [-0.25, -0.2) is 4.79 Å². The fraction of sp³-hybridized carbons (Fsp3) is 0.536. The van der Waals surface area contributed by atoms with Gasteiger partial charge in [-0.1, -0.05) is 0 Å². The van der Waals surface area contributed by atoms with Crippen LogP contribution in [0, 0.1) is 13.8 Å². The van der Waals surface area contributed by atoms with Crippen molar-refractivity contribution >= 4 is 17.7 Å². The maximum Gasteiger partial charge on any atom is 0.338 e. The molecule has 0 aliphatic carbocycles. The van der Waals surface area contributed by atoms with Crippen LogP contribution in [-0.2, 0) is 20.8 Å². The Morgan fingerprint density at radius 1 is 1.00 bits per heavy atom. The number of Topliss-reactive ketones (excluding diaryl/α,β-unsaturated/α-hetero) is 1. The summed E-state index contributed by atoms with van der Waals surface area (Å²) in [4.78, 5) is 39.7. The molecule has 1 amide bonds. The van der Waals surface area contributed by atoms with Gasteiger partial charge in [-0.3, -0.25) is 9.59 Å². The third-order valence-electron chi connectivity index (χ3n) is 6.87. The van der Waals surface area contributed by atoms with E-state index in [0.29, 0.717) is 23.5 Å². The first kappa shape index (κ1) is 27.5. The van der Waals surface area contributed by atoms with Crippen LogP contribution in [-0.4, -0.2) is 66.1 Å². The predicted molar refractivity (Wildman–Crippen MR) is 137 cm³/mol. The number of nitrogens with zero attached hydrogens (tertiary/aromatic N) is 2. The highest BCUT2D eigenvalue weighted by molar-refractivity contribution is 6.00. The highest BCUT2D eigenvalue weighted by atomic mass is 16.5. The van der Waals surface area contributed by atoms with Crippen LogP contribution in [0.25, 0.3) is 0 Å². The van der Waals surface area contributed by atoms with E-state index >= 15 is 0 Å². The summed E-state index contributed by atoms with van der Waals surface area (Å²) in [5.41, 5.74) is 2.71. The van der Waals surface area contributed by atoms with E-state index in [0.717, 1.165) is 43.6 Å². The molecule has 0 N–H and O–H groups in total. The number of likely N-dealkylation sites (tertiary alicyclic amines) is 1. The molecule has 8 nitrogen and oxygen atoms in total. The zero-order valence-electron chi connectivity index (χ0n) is 22.0. The Bertz CT molecular complexity index is 1050. The molecule has 1 aliphatic rings. The minimum absolute atomic E-state index is 0.0326. The maximum absolute atomic E-state index is 12.7. The summed E-state index contributed by atoms with van der Waals surface area (Å²) in [6.07, 6.45) is 4.00. The van der Waals surface area contributed by atoms with Gasteiger partial charge in [0.1, 0.15) is 5.75 Å². The summed E-state index contributed by atoms with van der Waals surface area (Å²) < 4.78 is 18.1. The number of benzene rings is 1. The number of rotatable bonds is 11. The first-order valence-corrected chi connectivity index (χ1v) is 12.6. The monoisotopic (exact) mass is 498 g/mol. The number of ether oxygens (including phenoxy) is 3. The van der Waals surface area contributed by atoms with Crippen molar-refractivity contribution in [2.24, 2.45) is 0 Å². The minimum Gasteiger partial charge on any atom is -0.484 e. The van der Waals surface area contributed by atoms with Gasteiger partial charge in [0.25, 0.3) is 5.91 Å². The smallest absolute Gasteiger partial charge is 0.338 e. The molecule has 1 saturated heterocycles. The Kier molecular flexibility index (Phi) is 9.70. The zero-order chi connectivity index (χ0) is 26.2. The number of aryl methyl sites for hydroxylation is 1. The van der Waals surface area contributed by atoms with Crippen molar-refractivity contribution in [3.05, 3.63) is 52.8 Å². The van der Waals surface area contributed by atoms with Crippen LogP contribution in [0.15, 0.2) is 30.3 Å². The first-order chi connectivity index (χ1) is 17.2. The van der Waals surface area contributed by atoms with Crippen molar-refractivity contribution < 1.29 is 28.6 Å². The van der Waals surface area contributed by atoms with Crippen molar-refractivity contribution in [1.29, 1.82) is 0 Å². The number of amides is 1. The van der Waals surface area contributed by atoms with Gasteiger partial charge in [0.05, 0.1) is 5.56 Å². The average Bonchev–Trinajstić information content (AvgIpc) is 3.14. The van der Waals surface area contributed by atoms with Crippen LogP contribution in [0.4, 0.5) is 0 Å². The highest BCUT2D eigenvalue weighted by Crippen LogP contribution is 2.23. The zero-order valence-corrected chi connectivity index (χ0v) is 22.0. The molecule has 1 aliphatic heterocycles. The summed E-state index contributed by atoms with van der Waals surface area (Å²) in [6, 6.07) is 8.65. The Morgan fingerprint density at radius 3 is 2.31 bits per heavy atom. The molecule has 3 rings (SSSR count). The SMILES string of the molecule is COCCCn1c(C)cc(C(=O)COC(=O)c2ccc(OCC(=O)N3[C@H](C)CCC[C@H]3C)cc2)c1C. The summed E-state index contributed by atoms with van der Waals surface area (Å²) in [6.45, 7) is 9.01. The van der Waals surface area contributed by atoms with Crippen LogP contribution in [0.5, 0.6) is 5.75 Å². The molecule has 0 radical (unpaired) electrons. The molecule has 1 aromatic carbocycles. The van der Waals surface area contributed by atoms with E-state index in [9.17, 15) is 14.4 Å². The predicted octanol–water partition coefficient (Wildman–Crippen LogP) is 4.35. The van der Waals surface area contributed by atoms with Gasteiger partial charge in [0, 0.05) is 49.3 Å². The van der Waals surface area contributed by atoms with E-state index in [1.54, 1.807) is 31.4 Å². The summed E-state index contributed by atoms with van der Waals surface area (Å²) in [5, 5.41) is 0. The van der Waals surface area contributed by atoms with E-state index in [4.69, 9.17) is 14.2 Å². The average molecular weight is 499 g/mol. The molecule has 2 atom stereocenters. The number of hydrogen-bond donors (Lipinski definition) is 0. The van der Waals surface area contributed by atoms with Crippen LogP contribution in [0.2, 0.25) is 0 Å². The van der Waals surface area contributed by atoms with E-state index in [1.165, 1.54) is 0 Å². The Labute approximate surface area is 213 Å². The second-order valence-electron chi connectivity index (χ2n) is 9.53. The van der Waals surface area contributed by atoms with E-state index < -0.39 is 5.97 Å². The molecule has 1 fully saturated rings. The summed E-state index contributed by atoms with van der Waals surface area (Å²) >= 11 is 0. The Balaban J connectivity index is 1.50. The maximum atomic E-state index is 12.7. The van der Waals surface area contributed by atoms with Crippen LogP contribution >= 0.6 is 0 Å². The standard InChI is InChI=1S/C28H38N2O6/c1-19-8-6-9-20(2)30(19)27(32)18-35-24-12-10-23(11-13-24)28(33)36-17-26(31)25-16-21(3)29(22(25)4)14-7-15-34-5/h10-13,16,19-20H,6-9,14-15,17-18H2,1-5H3/t19-,20-/m1/s1. The van der Waals surface area contributed by atoms with Gasteiger partial charge in [-0.2, -0.15) is 0 Å². The van der Waals surface area contributed by atoms with Gasteiger partial charge in [-0.15, -0.1) is 0 Å². The van der Waals surface area contributed by atoms with E-state index in [1.807, 2.05) is 24.8 Å². The molecule has 2 aromatic rings. The number of carbonyl (C=O) groups is 3. The number of esters is 1. The molecule has 0 unspecified atom stereocenters.